The van der Waals surface area contributed by atoms with Crippen LogP contribution in [0.4, 0.5) is 0 Å². The van der Waals surface area contributed by atoms with Gasteiger partial charge in [-0.2, -0.15) is 0 Å². The zero-order valence-electron chi connectivity index (χ0n) is 9.93. The first-order chi connectivity index (χ1) is 7.05. The van der Waals surface area contributed by atoms with E-state index in [4.69, 9.17) is 0 Å². The number of nitrogens with zero attached hydrogens (tertiary/aromatic N) is 1. The molecule has 1 saturated carbocycles. The van der Waals surface area contributed by atoms with E-state index in [0.29, 0.717) is 0 Å². The fraction of sp³-hybridized carbons (Fsp3) is 0.750. The van der Waals surface area contributed by atoms with Crippen LogP contribution in [-0.2, 0) is 11.8 Å². The van der Waals surface area contributed by atoms with E-state index in [0.717, 1.165) is 24.8 Å². The maximum absolute atomic E-state index is 4.40. The van der Waals surface area contributed by atoms with Crippen molar-refractivity contribution in [3.05, 3.63) is 17.7 Å². The summed E-state index contributed by atoms with van der Waals surface area (Å²) in [6.07, 6.45) is 5.68. The molecule has 84 valence electrons. The van der Waals surface area contributed by atoms with Crippen LogP contribution in [-0.4, -0.2) is 22.6 Å². The number of nitrogens with one attached hydrogen (secondary N) is 2. The molecule has 1 aliphatic rings. The molecule has 0 atom stereocenters. The number of imidazole rings is 1. The minimum absolute atomic E-state index is 0.176. The standard InChI is InChI=1S/C12H21N3/c1-12(2,3)10-8-14-11(15-10)6-7-13-9-4-5-9/h8-9,13H,4-7H2,1-3H3,(H,14,15). The molecule has 2 rings (SSSR count). The molecule has 1 aliphatic carbocycles. The predicted molar refractivity (Wildman–Crippen MR) is 62.0 cm³/mol. The van der Waals surface area contributed by atoms with Gasteiger partial charge in [-0.15, -0.1) is 0 Å². The van der Waals surface area contributed by atoms with Gasteiger partial charge in [0.15, 0.2) is 0 Å². The maximum Gasteiger partial charge on any atom is 0.107 e. The Morgan fingerprint density at radius 3 is 2.73 bits per heavy atom. The molecule has 1 aromatic heterocycles. The van der Waals surface area contributed by atoms with E-state index in [2.05, 4.69) is 36.1 Å². The minimum atomic E-state index is 0.176. The van der Waals surface area contributed by atoms with E-state index in [9.17, 15) is 0 Å². The van der Waals surface area contributed by atoms with Crippen LogP contribution in [0, 0.1) is 0 Å². The molecule has 1 aromatic rings. The molecular weight excluding hydrogens is 186 g/mol. The molecule has 1 fully saturated rings. The van der Waals surface area contributed by atoms with Crippen LogP contribution in [0.5, 0.6) is 0 Å². The average Bonchev–Trinajstić information content (AvgIpc) is 2.80. The van der Waals surface area contributed by atoms with Crippen molar-refractivity contribution in [2.75, 3.05) is 6.54 Å². The third-order valence-electron chi connectivity index (χ3n) is 2.81. The summed E-state index contributed by atoms with van der Waals surface area (Å²) in [5.41, 5.74) is 1.40. The van der Waals surface area contributed by atoms with Crippen molar-refractivity contribution < 1.29 is 0 Å². The van der Waals surface area contributed by atoms with E-state index in [1.54, 1.807) is 0 Å². The van der Waals surface area contributed by atoms with Crippen LogP contribution in [0.15, 0.2) is 6.20 Å². The smallest absolute Gasteiger partial charge is 0.107 e. The first-order valence-corrected chi connectivity index (χ1v) is 5.83. The molecule has 15 heavy (non-hydrogen) atoms. The highest BCUT2D eigenvalue weighted by molar-refractivity contribution is 5.11. The Hall–Kier alpha value is -0.830. The fourth-order valence-electron chi connectivity index (χ4n) is 1.55. The van der Waals surface area contributed by atoms with Crippen LogP contribution in [0.2, 0.25) is 0 Å². The van der Waals surface area contributed by atoms with Crippen molar-refractivity contribution >= 4 is 0 Å². The zero-order chi connectivity index (χ0) is 10.9. The molecule has 1 heterocycles. The van der Waals surface area contributed by atoms with E-state index in [1.807, 2.05) is 6.20 Å². The van der Waals surface area contributed by atoms with Crippen molar-refractivity contribution in [1.82, 2.24) is 15.3 Å². The van der Waals surface area contributed by atoms with E-state index < -0.39 is 0 Å². The van der Waals surface area contributed by atoms with Crippen LogP contribution >= 0.6 is 0 Å². The molecular formula is C12H21N3. The predicted octanol–water partition coefficient (Wildman–Crippen LogP) is 2.00. The molecule has 0 unspecified atom stereocenters. The second kappa shape index (κ2) is 3.97. The lowest BCUT2D eigenvalue weighted by Crippen LogP contribution is -2.19. The molecule has 0 aromatic carbocycles. The third kappa shape index (κ3) is 3.06. The van der Waals surface area contributed by atoms with Crippen molar-refractivity contribution in [1.29, 1.82) is 0 Å². The summed E-state index contributed by atoms with van der Waals surface area (Å²) in [6, 6.07) is 0.794. The number of aromatic nitrogens is 2. The normalized spacial score (nSPS) is 17.0. The Morgan fingerprint density at radius 2 is 2.20 bits per heavy atom. The van der Waals surface area contributed by atoms with Crippen LogP contribution in [0.3, 0.4) is 0 Å². The Kier molecular flexibility index (Phi) is 2.83. The molecule has 0 bridgehead atoms. The lowest BCUT2D eigenvalue weighted by molar-refractivity contribution is 0.569. The summed E-state index contributed by atoms with van der Waals surface area (Å²) in [7, 11) is 0. The number of H-pyrrole nitrogens is 1. The Bertz CT molecular complexity index is 318. The van der Waals surface area contributed by atoms with E-state index >= 15 is 0 Å². The number of hydrogen-bond donors (Lipinski definition) is 2. The van der Waals surface area contributed by atoms with Crippen molar-refractivity contribution in [2.45, 2.75) is 51.5 Å². The molecule has 0 spiro atoms. The largest absolute Gasteiger partial charge is 0.345 e. The van der Waals surface area contributed by atoms with E-state index in [1.165, 1.54) is 18.5 Å². The van der Waals surface area contributed by atoms with Gasteiger partial charge in [0.1, 0.15) is 5.82 Å². The first-order valence-electron chi connectivity index (χ1n) is 5.83. The Balaban J connectivity index is 1.83. The molecule has 0 radical (unpaired) electrons. The van der Waals surface area contributed by atoms with Gasteiger partial charge in [-0.25, -0.2) is 4.98 Å². The molecule has 3 heteroatoms. The quantitative estimate of drug-likeness (QED) is 0.793. The molecule has 0 amide bonds. The van der Waals surface area contributed by atoms with Crippen molar-refractivity contribution in [2.24, 2.45) is 0 Å². The number of hydrogen-bond acceptors (Lipinski definition) is 2. The van der Waals surface area contributed by atoms with Gasteiger partial charge in [-0.3, -0.25) is 0 Å². The van der Waals surface area contributed by atoms with Crippen LogP contribution in [0.1, 0.15) is 45.1 Å². The summed E-state index contributed by atoms with van der Waals surface area (Å²) >= 11 is 0. The summed E-state index contributed by atoms with van der Waals surface area (Å²) in [4.78, 5) is 7.80. The highest BCUT2D eigenvalue weighted by Crippen LogP contribution is 2.20. The SMILES string of the molecule is CC(C)(C)c1cnc(CCNC2CC2)[nH]1. The second-order valence-electron chi connectivity index (χ2n) is 5.47. The molecule has 0 saturated heterocycles. The van der Waals surface area contributed by atoms with Crippen LogP contribution in [0.25, 0.3) is 0 Å². The van der Waals surface area contributed by atoms with Gasteiger partial charge >= 0.3 is 0 Å². The molecule has 0 aliphatic heterocycles. The van der Waals surface area contributed by atoms with Gasteiger partial charge in [0.2, 0.25) is 0 Å². The Morgan fingerprint density at radius 1 is 1.47 bits per heavy atom. The van der Waals surface area contributed by atoms with Gasteiger partial charge < -0.3 is 10.3 Å². The highest BCUT2D eigenvalue weighted by atomic mass is 15.0. The number of aromatic amines is 1. The maximum atomic E-state index is 4.40. The third-order valence-corrected chi connectivity index (χ3v) is 2.81. The van der Waals surface area contributed by atoms with Gasteiger partial charge in [-0.05, 0) is 12.8 Å². The van der Waals surface area contributed by atoms with Crippen molar-refractivity contribution in [3.63, 3.8) is 0 Å². The lowest BCUT2D eigenvalue weighted by atomic mass is 9.93. The fourth-order valence-corrected chi connectivity index (χ4v) is 1.55. The first kappa shape index (κ1) is 10.7. The topological polar surface area (TPSA) is 40.7 Å². The highest BCUT2D eigenvalue weighted by Gasteiger charge is 2.20. The monoisotopic (exact) mass is 207 g/mol. The summed E-state index contributed by atoms with van der Waals surface area (Å²) in [6.45, 7) is 7.65. The second-order valence-corrected chi connectivity index (χ2v) is 5.47. The summed E-state index contributed by atoms with van der Waals surface area (Å²) < 4.78 is 0. The van der Waals surface area contributed by atoms with Crippen LogP contribution < -0.4 is 5.32 Å². The van der Waals surface area contributed by atoms with Gasteiger partial charge in [0, 0.05) is 36.3 Å². The van der Waals surface area contributed by atoms with E-state index in [-0.39, 0.29) is 5.41 Å². The molecule has 3 nitrogen and oxygen atoms in total. The van der Waals surface area contributed by atoms with Crippen molar-refractivity contribution in [3.8, 4) is 0 Å². The Labute approximate surface area is 91.7 Å². The van der Waals surface area contributed by atoms with Gasteiger partial charge in [0.05, 0.1) is 0 Å². The summed E-state index contributed by atoms with van der Waals surface area (Å²) in [5, 5.41) is 3.49. The summed E-state index contributed by atoms with van der Waals surface area (Å²) in [5.74, 6) is 1.10. The van der Waals surface area contributed by atoms with Gasteiger partial charge in [-0.1, -0.05) is 20.8 Å². The average molecular weight is 207 g/mol. The van der Waals surface area contributed by atoms with Gasteiger partial charge in [0.25, 0.3) is 0 Å². The minimum Gasteiger partial charge on any atom is -0.345 e. The number of rotatable bonds is 4. The molecule has 2 N–H and O–H groups in total. The zero-order valence-corrected chi connectivity index (χ0v) is 9.93. The lowest BCUT2D eigenvalue weighted by Gasteiger charge is -2.15.